The normalized spacial score (nSPS) is 14.9. The van der Waals surface area contributed by atoms with E-state index in [4.69, 9.17) is 21.1 Å². The molecule has 1 aliphatic heterocycles. The molecule has 3 aromatic carbocycles. The number of esters is 2. The number of carbonyl (C=O) groups excluding carboxylic acids is 3. The maximum absolute atomic E-state index is 12.9. The molecule has 6 nitrogen and oxygen atoms in total. The monoisotopic (exact) mass is 435 g/mol. The first kappa shape index (κ1) is 20.6. The van der Waals surface area contributed by atoms with Crippen molar-refractivity contribution in [1.82, 2.24) is 0 Å². The lowest BCUT2D eigenvalue weighted by atomic mass is 9.93. The molecule has 3 aromatic rings. The Morgan fingerprint density at radius 1 is 1.06 bits per heavy atom. The topological polar surface area (TPSA) is 81.7 Å². The molecule has 0 aromatic heterocycles. The molecule has 0 fully saturated rings. The lowest BCUT2D eigenvalue weighted by Gasteiger charge is -2.25. The van der Waals surface area contributed by atoms with E-state index in [1.807, 2.05) is 30.3 Å². The fraction of sp³-hybridized carbons (Fsp3) is 0.125. The molecule has 156 valence electrons. The van der Waals surface area contributed by atoms with E-state index in [9.17, 15) is 14.4 Å². The van der Waals surface area contributed by atoms with Crippen LogP contribution < -0.4 is 5.32 Å². The van der Waals surface area contributed by atoms with E-state index in [2.05, 4.69) is 5.32 Å². The van der Waals surface area contributed by atoms with Crippen LogP contribution in [0.1, 0.15) is 48.3 Å². The molecule has 0 spiro atoms. The number of methoxy groups -OCH3 is 1. The molecule has 0 saturated carbocycles. The number of hydrogen-bond donors (Lipinski definition) is 1. The molecular weight excluding hydrogens is 418 g/mol. The summed E-state index contributed by atoms with van der Waals surface area (Å²) in [6.45, 7) is 0. The third kappa shape index (κ3) is 4.29. The van der Waals surface area contributed by atoms with Gasteiger partial charge in [0.25, 0.3) is 5.91 Å². The van der Waals surface area contributed by atoms with E-state index in [0.717, 1.165) is 11.1 Å². The highest BCUT2D eigenvalue weighted by Gasteiger charge is 2.28. The smallest absolute Gasteiger partial charge is 0.339 e. The van der Waals surface area contributed by atoms with Gasteiger partial charge in [-0.2, -0.15) is 0 Å². The van der Waals surface area contributed by atoms with Crippen LogP contribution in [0, 0.1) is 0 Å². The van der Waals surface area contributed by atoms with E-state index < -0.39 is 23.9 Å². The Morgan fingerprint density at radius 2 is 1.84 bits per heavy atom. The van der Waals surface area contributed by atoms with Crippen molar-refractivity contribution in [3.05, 3.63) is 99.6 Å². The SMILES string of the molecule is COC(=O)c1ccc(Cl)cc1NC(=O)c1ccc2c(c1)C[C@H](c1ccccc1)OC2=O. The summed E-state index contributed by atoms with van der Waals surface area (Å²) in [6.07, 6.45) is 0.0370. The Morgan fingerprint density at radius 3 is 2.58 bits per heavy atom. The summed E-state index contributed by atoms with van der Waals surface area (Å²) in [7, 11) is 1.26. The average Bonchev–Trinajstić information content (AvgIpc) is 2.79. The number of hydrogen-bond acceptors (Lipinski definition) is 5. The molecule has 1 amide bonds. The Bertz CT molecular complexity index is 1180. The predicted molar refractivity (Wildman–Crippen MR) is 115 cm³/mol. The predicted octanol–water partition coefficient (Wildman–Crippen LogP) is 4.83. The van der Waals surface area contributed by atoms with Gasteiger partial charge in [0, 0.05) is 17.0 Å². The first-order valence-corrected chi connectivity index (χ1v) is 9.92. The number of cyclic esters (lactones) is 1. The van der Waals surface area contributed by atoms with Crippen LogP contribution in [-0.2, 0) is 15.9 Å². The number of carbonyl (C=O) groups is 3. The average molecular weight is 436 g/mol. The number of nitrogens with one attached hydrogen (secondary N) is 1. The molecule has 1 N–H and O–H groups in total. The molecule has 0 aliphatic carbocycles. The quantitative estimate of drug-likeness (QED) is 0.593. The molecule has 0 bridgehead atoms. The highest BCUT2D eigenvalue weighted by Crippen LogP contribution is 2.31. The molecule has 0 saturated heterocycles. The van der Waals surface area contributed by atoms with E-state index >= 15 is 0 Å². The van der Waals surface area contributed by atoms with Crippen LogP contribution in [0.3, 0.4) is 0 Å². The second kappa shape index (κ2) is 8.62. The van der Waals surface area contributed by atoms with Crippen LogP contribution in [0.25, 0.3) is 0 Å². The van der Waals surface area contributed by atoms with Gasteiger partial charge in [-0.15, -0.1) is 0 Å². The molecule has 1 heterocycles. The van der Waals surface area contributed by atoms with Crippen LogP contribution in [-0.4, -0.2) is 25.0 Å². The van der Waals surface area contributed by atoms with Gasteiger partial charge in [0.15, 0.2) is 0 Å². The number of halogens is 1. The summed E-state index contributed by atoms with van der Waals surface area (Å²) in [4.78, 5) is 37.3. The number of ether oxygens (including phenoxy) is 2. The fourth-order valence-corrected chi connectivity index (χ4v) is 3.67. The third-order valence-corrected chi connectivity index (χ3v) is 5.28. The number of benzene rings is 3. The van der Waals surface area contributed by atoms with Gasteiger partial charge in [-0.1, -0.05) is 41.9 Å². The Kier molecular flexibility index (Phi) is 5.73. The van der Waals surface area contributed by atoms with Crippen molar-refractivity contribution in [3.63, 3.8) is 0 Å². The van der Waals surface area contributed by atoms with Crippen LogP contribution >= 0.6 is 11.6 Å². The van der Waals surface area contributed by atoms with Gasteiger partial charge in [-0.25, -0.2) is 9.59 Å². The highest BCUT2D eigenvalue weighted by atomic mass is 35.5. The molecule has 0 unspecified atom stereocenters. The van der Waals surface area contributed by atoms with Gasteiger partial charge in [0.1, 0.15) is 6.10 Å². The summed E-state index contributed by atoms with van der Waals surface area (Å²) in [5.74, 6) is -1.46. The van der Waals surface area contributed by atoms with Crippen molar-refractivity contribution in [1.29, 1.82) is 0 Å². The van der Waals surface area contributed by atoms with Crippen molar-refractivity contribution in [2.24, 2.45) is 0 Å². The van der Waals surface area contributed by atoms with Gasteiger partial charge in [0.2, 0.25) is 0 Å². The number of fused-ring (bicyclic) bond motifs is 1. The number of anilines is 1. The van der Waals surface area contributed by atoms with E-state index in [1.165, 1.54) is 25.3 Å². The third-order valence-electron chi connectivity index (χ3n) is 5.05. The van der Waals surface area contributed by atoms with E-state index in [1.54, 1.807) is 18.2 Å². The Labute approximate surface area is 183 Å². The minimum Gasteiger partial charge on any atom is -0.465 e. The summed E-state index contributed by atoms with van der Waals surface area (Å²) >= 11 is 6.02. The molecular formula is C24H18ClNO5. The van der Waals surface area contributed by atoms with Crippen molar-refractivity contribution >= 4 is 35.1 Å². The van der Waals surface area contributed by atoms with Gasteiger partial charge >= 0.3 is 11.9 Å². The second-order valence-corrected chi connectivity index (χ2v) is 7.45. The van der Waals surface area contributed by atoms with E-state index in [0.29, 0.717) is 22.6 Å². The molecule has 1 aliphatic rings. The largest absolute Gasteiger partial charge is 0.465 e. The first-order valence-electron chi connectivity index (χ1n) is 9.54. The van der Waals surface area contributed by atoms with E-state index in [-0.39, 0.29) is 11.3 Å². The van der Waals surface area contributed by atoms with Crippen molar-refractivity contribution in [2.75, 3.05) is 12.4 Å². The van der Waals surface area contributed by atoms with Crippen LogP contribution in [0.2, 0.25) is 5.02 Å². The standard InChI is InChI=1S/C24H18ClNO5/c1-30-23(28)19-10-8-17(25)13-20(19)26-22(27)15-7-9-18-16(11-15)12-21(31-24(18)29)14-5-3-2-4-6-14/h2-11,13,21H,12H2,1H3,(H,26,27)/t21-/m1/s1. The fourth-order valence-electron chi connectivity index (χ4n) is 3.49. The molecule has 7 heteroatoms. The Hall–Kier alpha value is -3.64. The zero-order valence-corrected chi connectivity index (χ0v) is 17.3. The molecule has 0 radical (unpaired) electrons. The minimum atomic E-state index is -0.592. The molecule has 1 atom stereocenters. The Balaban J connectivity index is 1.61. The van der Waals surface area contributed by atoms with Crippen molar-refractivity contribution in [3.8, 4) is 0 Å². The van der Waals surface area contributed by atoms with Crippen LogP contribution in [0.15, 0.2) is 66.7 Å². The molecule has 4 rings (SSSR count). The van der Waals surface area contributed by atoms with Gasteiger partial charge in [-0.05, 0) is 47.5 Å². The lowest BCUT2D eigenvalue weighted by molar-refractivity contribution is 0.0252. The lowest BCUT2D eigenvalue weighted by Crippen LogP contribution is -2.23. The van der Waals surface area contributed by atoms with Gasteiger partial charge in [0.05, 0.1) is 23.9 Å². The summed E-state index contributed by atoms with van der Waals surface area (Å²) in [5.41, 5.74) is 2.81. The minimum absolute atomic E-state index is 0.186. The summed E-state index contributed by atoms with van der Waals surface area (Å²) in [5, 5.41) is 3.07. The summed E-state index contributed by atoms with van der Waals surface area (Å²) in [6, 6.07) is 18.7. The van der Waals surface area contributed by atoms with Gasteiger partial charge in [-0.3, -0.25) is 4.79 Å². The van der Waals surface area contributed by atoms with Crippen molar-refractivity contribution < 1.29 is 23.9 Å². The number of amides is 1. The maximum atomic E-state index is 12.9. The zero-order chi connectivity index (χ0) is 22.0. The molecule has 31 heavy (non-hydrogen) atoms. The first-order chi connectivity index (χ1) is 15.0. The zero-order valence-electron chi connectivity index (χ0n) is 16.6. The highest BCUT2D eigenvalue weighted by molar-refractivity contribution is 6.31. The second-order valence-electron chi connectivity index (χ2n) is 7.02. The summed E-state index contributed by atoms with van der Waals surface area (Å²) < 4.78 is 10.3. The van der Waals surface area contributed by atoms with Crippen molar-refractivity contribution in [2.45, 2.75) is 12.5 Å². The number of rotatable bonds is 4. The van der Waals surface area contributed by atoms with Crippen LogP contribution in [0.5, 0.6) is 0 Å². The van der Waals surface area contributed by atoms with Crippen LogP contribution in [0.4, 0.5) is 5.69 Å². The van der Waals surface area contributed by atoms with Gasteiger partial charge < -0.3 is 14.8 Å². The maximum Gasteiger partial charge on any atom is 0.339 e.